The van der Waals surface area contributed by atoms with Crippen LogP contribution in [0.5, 0.6) is 0 Å². The molecule has 0 bridgehead atoms. The highest BCUT2D eigenvalue weighted by molar-refractivity contribution is 8.26. The van der Waals surface area contributed by atoms with Crippen molar-refractivity contribution in [2.24, 2.45) is 0 Å². The first kappa shape index (κ1) is 16.2. The number of nitrogens with zero attached hydrogens (tertiary/aromatic N) is 1. The van der Waals surface area contributed by atoms with Crippen molar-refractivity contribution in [1.82, 2.24) is 4.90 Å². The lowest BCUT2D eigenvalue weighted by Gasteiger charge is -2.23. The van der Waals surface area contributed by atoms with Gasteiger partial charge < -0.3 is 19.8 Å². The lowest BCUT2D eigenvalue weighted by molar-refractivity contribution is -0.309. The van der Waals surface area contributed by atoms with E-state index in [4.69, 9.17) is 12.2 Å². The van der Waals surface area contributed by atoms with E-state index in [1.165, 1.54) is 31.2 Å². The second-order valence-corrected chi connectivity index (χ2v) is 6.10. The Bertz CT molecular complexity index is 713. The van der Waals surface area contributed by atoms with E-state index >= 15 is 0 Å². The molecule has 1 saturated heterocycles. The van der Waals surface area contributed by atoms with E-state index in [1.54, 1.807) is 6.07 Å². The summed E-state index contributed by atoms with van der Waals surface area (Å²) in [5, 5.41) is 22.0. The standard InChI is InChI=1S/C14H11NO5S2/c1-7(12(17)18)15-11(16)10(22-14(15)21)6-8-4-2-3-5-9(8)13(19)20/h2-7H,1H3,(H,17,18)(H,19,20)/p-2/t7-/m0/s1. The fourth-order valence-electron chi connectivity index (χ4n) is 1.87. The SMILES string of the molecule is C[C@@H](C(=O)[O-])N1C(=O)C(=Cc2ccccc2C(=O)[O-])SC1=S. The largest absolute Gasteiger partial charge is 0.548 e. The number of thioether (sulfide) groups is 1. The number of aliphatic carboxylic acids is 1. The van der Waals surface area contributed by atoms with Crippen molar-refractivity contribution in [3.05, 3.63) is 40.3 Å². The third-order valence-electron chi connectivity index (χ3n) is 3.02. The molecule has 6 nitrogen and oxygen atoms in total. The Morgan fingerprint density at radius 1 is 1.32 bits per heavy atom. The Kier molecular flexibility index (Phi) is 4.62. The first-order valence-electron chi connectivity index (χ1n) is 6.11. The van der Waals surface area contributed by atoms with E-state index in [0.29, 0.717) is 0 Å². The zero-order chi connectivity index (χ0) is 16.4. The van der Waals surface area contributed by atoms with Crippen molar-refractivity contribution in [1.29, 1.82) is 0 Å². The number of hydrogen-bond acceptors (Lipinski definition) is 7. The summed E-state index contributed by atoms with van der Waals surface area (Å²) in [7, 11) is 0. The minimum atomic E-state index is -1.42. The number of thiocarbonyl (C=S) groups is 1. The van der Waals surface area contributed by atoms with Crippen LogP contribution in [-0.2, 0) is 9.59 Å². The Balaban J connectivity index is 2.39. The van der Waals surface area contributed by atoms with Crippen molar-refractivity contribution in [3.63, 3.8) is 0 Å². The molecule has 0 spiro atoms. The number of rotatable bonds is 4. The van der Waals surface area contributed by atoms with Crippen LogP contribution in [-0.4, -0.2) is 33.1 Å². The number of hydrogen-bond donors (Lipinski definition) is 0. The van der Waals surface area contributed by atoms with Gasteiger partial charge in [0, 0.05) is 5.56 Å². The highest BCUT2D eigenvalue weighted by atomic mass is 32.2. The van der Waals surface area contributed by atoms with Gasteiger partial charge in [0.15, 0.2) is 0 Å². The Hall–Kier alpha value is -2.19. The molecule has 0 saturated carbocycles. The highest BCUT2D eigenvalue weighted by Gasteiger charge is 2.35. The van der Waals surface area contributed by atoms with Crippen LogP contribution in [0.2, 0.25) is 0 Å². The summed E-state index contributed by atoms with van der Waals surface area (Å²) in [6.45, 7) is 1.29. The molecule has 0 N–H and O–H groups in total. The summed E-state index contributed by atoms with van der Waals surface area (Å²) < 4.78 is 0.0823. The lowest BCUT2D eigenvalue weighted by atomic mass is 10.1. The summed E-state index contributed by atoms with van der Waals surface area (Å²) >= 11 is 5.91. The molecule has 0 aliphatic carbocycles. The monoisotopic (exact) mass is 335 g/mol. The van der Waals surface area contributed by atoms with Gasteiger partial charge in [-0.05, 0) is 18.6 Å². The Morgan fingerprint density at radius 3 is 2.55 bits per heavy atom. The van der Waals surface area contributed by atoms with Crippen LogP contribution < -0.4 is 10.2 Å². The van der Waals surface area contributed by atoms with Crippen LogP contribution in [0.3, 0.4) is 0 Å². The average molecular weight is 335 g/mol. The summed E-state index contributed by atoms with van der Waals surface area (Å²) in [5.41, 5.74) is 0.213. The highest BCUT2D eigenvalue weighted by Crippen LogP contribution is 2.34. The van der Waals surface area contributed by atoms with Crippen LogP contribution in [0.1, 0.15) is 22.8 Å². The third kappa shape index (κ3) is 3.02. The second-order valence-electron chi connectivity index (χ2n) is 4.42. The minimum absolute atomic E-state index is 0.0688. The number of carboxylic acid groups (broad SMARTS) is 2. The second kappa shape index (κ2) is 6.29. The number of aromatic carboxylic acids is 1. The summed E-state index contributed by atoms with van der Waals surface area (Å²) in [5.74, 6) is -3.39. The molecule has 8 heteroatoms. The third-order valence-corrected chi connectivity index (χ3v) is 4.35. The summed E-state index contributed by atoms with van der Waals surface area (Å²) in [4.78, 5) is 35.3. The smallest absolute Gasteiger partial charge is 0.266 e. The molecule has 1 aromatic carbocycles. The van der Waals surface area contributed by atoms with E-state index in [1.807, 2.05) is 0 Å². The molecule has 1 aromatic rings. The number of carboxylic acids is 2. The fraction of sp³-hybridized carbons (Fsp3) is 0.143. The minimum Gasteiger partial charge on any atom is -0.548 e. The van der Waals surface area contributed by atoms with E-state index in [9.17, 15) is 24.6 Å². The van der Waals surface area contributed by atoms with E-state index < -0.39 is 23.9 Å². The molecule has 0 radical (unpaired) electrons. The van der Waals surface area contributed by atoms with Crippen LogP contribution in [0, 0.1) is 0 Å². The number of carbonyl (C=O) groups excluding carboxylic acids is 3. The van der Waals surface area contributed by atoms with Crippen LogP contribution in [0.4, 0.5) is 0 Å². The quantitative estimate of drug-likeness (QED) is 0.534. The normalized spacial score (nSPS) is 17.9. The van der Waals surface area contributed by atoms with Gasteiger partial charge in [-0.3, -0.25) is 9.69 Å². The van der Waals surface area contributed by atoms with Crippen molar-refractivity contribution >= 4 is 52.2 Å². The molecule has 0 unspecified atom stereocenters. The molecule has 2 rings (SSSR count). The molecule has 1 fully saturated rings. The molecule has 1 heterocycles. The van der Waals surface area contributed by atoms with E-state index in [2.05, 4.69) is 0 Å². The molecule has 0 aromatic heterocycles. The van der Waals surface area contributed by atoms with Crippen LogP contribution in [0.25, 0.3) is 6.08 Å². The summed E-state index contributed by atoms with van der Waals surface area (Å²) in [6, 6.07) is 4.81. The molecule has 1 aliphatic heterocycles. The van der Waals surface area contributed by atoms with E-state index in [-0.39, 0.29) is 20.4 Å². The fourth-order valence-corrected chi connectivity index (χ4v) is 3.28. The van der Waals surface area contributed by atoms with Gasteiger partial charge in [-0.1, -0.05) is 48.2 Å². The van der Waals surface area contributed by atoms with Gasteiger partial charge in [0.25, 0.3) is 5.91 Å². The molecule has 22 heavy (non-hydrogen) atoms. The van der Waals surface area contributed by atoms with Gasteiger partial charge in [0.1, 0.15) is 4.32 Å². The number of benzene rings is 1. The lowest BCUT2D eigenvalue weighted by Crippen LogP contribution is -2.48. The van der Waals surface area contributed by atoms with E-state index in [0.717, 1.165) is 16.7 Å². The van der Waals surface area contributed by atoms with Crippen LogP contribution >= 0.6 is 24.0 Å². The van der Waals surface area contributed by atoms with Crippen LogP contribution in [0.15, 0.2) is 29.2 Å². The molecule has 1 amide bonds. The maximum Gasteiger partial charge on any atom is 0.266 e. The molecule has 1 atom stereocenters. The van der Waals surface area contributed by atoms with Gasteiger partial charge in [-0.2, -0.15) is 0 Å². The van der Waals surface area contributed by atoms with Crippen molar-refractivity contribution in [3.8, 4) is 0 Å². The predicted octanol–water partition coefficient (Wildman–Crippen LogP) is -0.610. The molecule has 114 valence electrons. The first-order valence-corrected chi connectivity index (χ1v) is 7.33. The maximum atomic E-state index is 12.2. The maximum absolute atomic E-state index is 12.2. The van der Waals surface area contributed by atoms with Crippen molar-refractivity contribution in [2.75, 3.05) is 0 Å². The zero-order valence-electron chi connectivity index (χ0n) is 11.3. The Morgan fingerprint density at radius 2 is 1.95 bits per heavy atom. The van der Waals surface area contributed by atoms with Gasteiger partial charge in [-0.25, -0.2) is 0 Å². The number of amides is 1. The van der Waals surface area contributed by atoms with Gasteiger partial charge in [0.2, 0.25) is 0 Å². The summed E-state index contributed by atoms with van der Waals surface area (Å²) in [6.07, 6.45) is 1.35. The van der Waals surface area contributed by atoms with Gasteiger partial charge in [-0.15, -0.1) is 0 Å². The van der Waals surface area contributed by atoms with Gasteiger partial charge >= 0.3 is 0 Å². The predicted molar refractivity (Wildman–Crippen MR) is 80.3 cm³/mol. The molecular formula is C14H9NO5S2-2. The first-order chi connectivity index (χ1) is 10.3. The zero-order valence-corrected chi connectivity index (χ0v) is 12.9. The van der Waals surface area contributed by atoms with Crippen molar-refractivity contribution in [2.45, 2.75) is 13.0 Å². The van der Waals surface area contributed by atoms with Crippen molar-refractivity contribution < 1.29 is 24.6 Å². The number of carbonyl (C=O) groups is 3. The average Bonchev–Trinajstić information content (AvgIpc) is 2.73. The van der Waals surface area contributed by atoms with Gasteiger partial charge in [0.05, 0.1) is 22.9 Å². The molecular weight excluding hydrogens is 326 g/mol. The topological polar surface area (TPSA) is 101 Å². The Labute approximate surface area is 135 Å². The molecule has 1 aliphatic rings.